The lowest BCUT2D eigenvalue weighted by Gasteiger charge is -2.36. The summed E-state index contributed by atoms with van der Waals surface area (Å²) >= 11 is 0. The van der Waals surface area contributed by atoms with Crippen LogP contribution in [0.3, 0.4) is 0 Å². The molecule has 9 heteroatoms. The summed E-state index contributed by atoms with van der Waals surface area (Å²) in [5.74, 6) is -5.51. The lowest BCUT2D eigenvalue weighted by molar-refractivity contribution is 0.257. The summed E-state index contributed by atoms with van der Waals surface area (Å²) in [7, 11) is 1.63. The van der Waals surface area contributed by atoms with Crippen LogP contribution in [0.2, 0.25) is 0 Å². The summed E-state index contributed by atoms with van der Waals surface area (Å²) in [5, 5.41) is 2.43. The zero-order chi connectivity index (χ0) is 20.1. The maximum atomic E-state index is 13.5. The number of halogens is 4. The third-order valence-electron chi connectivity index (χ3n) is 4.76. The van der Waals surface area contributed by atoms with E-state index < -0.39 is 29.2 Å². The van der Waals surface area contributed by atoms with Crippen LogP contribution in [0.4, 0.5) is 28.9 Å². The van der Waals surface area contributed by atoms with Gasteiger partial charge >= 0.3 is 0 Å². The van der Waals surface area contributed by atoms with Crippen LogP contribution in [-0.2, 0) is 0 Å². The summed E-state index contributed by atoms with van der Waals surface area (Å²) in [6, 6.07) is 7.90. The number of hydrogen-bond acceptors (Lipinski definition) is 5. The first-order valence-corrected chi connectivity index (χ1v) is 9.05. The number of ether oxygens (including phenoxy) is 1. The average Bonchev–Trinajstić information content (AvgIpc) is 2.72. The third-order valence-corrected chi connectivity index (χ3v) is 4.76. The van der Waals surface area contributed by atoms with Gasteiger partial charge in [0.1, 0.15) is 11.4 Å². The molecule has 2 heterocycles. The fourth-order valence-corrected chi connectivity index (χ4v) is 3.18. The molecule has 152 valence electrons. The van der Waals surface area contributed by atoms with E-state index in [0.29, 0.717) is 13.0 Å². The van der Waals surface area contributed by atoms with Gasteiger partial charge in [0.05, 0.1) is 7.11 Å². The molecule has 0 radical (unpaired) electrons. The highest BCUT2D eigenvalue weighted by molar-refractivity contribution is 5.49. The largest absolute Gasteiger partial charge is 0.497 e. The number of piperazine rings is 1. The molecule has 0 bridgehead atoms. The molecule has 0 atom stereocenters. The van der Waals surface area contributed by atoms with Crippen LogP contribution in [0.15, 0.2) is 24.3 Å². The molecule has 1 aromatic carbocycles. The molecule has 1 saturated heterocycles. The van der Waals surface area contributed by atoms with Gasteiger partial charge in [-0.15, -0.1) is 0 Å². The van der Waals surface area contributed by atoms with Crippen molar-refractivity contribution in [2.45, 2.75) is 6.42 Å². The Morgan fingerprint density at radius 3 is 2.14 bits per heavy atom. The molecule has 3 rings (SSSR count). The van der Waals surface area contributed by atoms with Crippen molar-refractivity contribution >= 4 is 11.4 Å². The number of aromatic nitrogens is 1. The molecule has 0 saturated carbocycles. The van der Waals surface area contributed by atoms with Gasteiger partial charge in [-0.05, 0) is 37.2 Å². The number of benzene rings is 1. The quantitative estimate of drug-likeness (QED) is 0.441. The predicted molar refractivity (Wildman–Crippen MR) is 98.8 cm³/mol. The van der Waals surface area contributed by atoms with E-state index in [1.54, 1.807) is 7.11 Å². The van der Waals surface area contributed by atoms with Gasteiger partial charge in [0.2, 0.25) is 11.6 Å². The topological polar surface area (TPSA) is 40.6 Å². The molecule has 5 nitrogen and oxygen atoms in total. The molecular formula is C19H22F4N4O. The Balaban J connectivity index is 1.42. The van der Waals surface area contributed by atoms with Gasteiger partial charge < -0.3 is 15.0 Å². The second-order valence-corrected chi connectivity index (χ2v) is 6.50. The molecular weight excluding hydrogens is 376 g/mol. The molecule has 2 aromatic rings. The zero-order valence-electron chi connectivity index (χ0n) is 15.5. The van der Waals surface area contributed by atoms with Crippen molar-refractivity contribution in [1.29, 1.82) is 0 Å². The molecule has 0 unspecified atom stereocenters. The summed E-state index contributed by atoms with van der Waals surface area (Å²) in [6.45, 7) is 4.34. The summed E-state index contributed by atoms with van der Waals surface area (Å²) < 4.78 is 58.4. The number of nitrogens with zero attached hydrogens (tertiary/aromatic N) is 3. The minimum absolute atomic E-state index is 0.190. The zero-order valence-corrected chi connectivity index (χ0v) is 15.5. The first-order chi connectivity index (χ1) is 13.5. The highest BCUT2D eigenvalue weighted by Gasteiger charge is 2.21. The molecule has 1 aliphatic rings. The van der Waals surface area contributed by atoms with Gasteiger partial charge in [0.25, 0.3) is 11.9 Å². The minimum Gasteiger partial charge on any atom is -0.497 e. The second-order valence-electron chi connectivity index (χ2n) is 6.50. The number of methoxy groups -OCH3 is 1. The number of anilines is 2. The summed E-state index contributed by atoms with van der Waals surface area (Å²) in [5.41, 5.74) is 0.323. The fraction of sp³-hybridized carbons (Fsp3) is 0.421. The summed E-state index contributed by atoms with van der Waals surface area (Å²) in [6.07, 6.45) is 0.576. The molecule has 1 N–H and O–H groups in total. The van der Waals surface area contributed by atoms with Crippen molar-refractivity contribution in [3.05, 3.63) is 47.8 Å². The molecule has 1 aromatic heterocycles. The SMILES string of the molecule is COc1ccc(N2CCN(CCCNc3c(F)c(F)nc(F)c3F)CC2)cc1. The van der Waals surface area contributed by atoms with Crippen molar-refractivity contribution < 1.29 is 22.3 Å². The highest BCUT2D eigenvalue weighted by atomic mass is 19.2. The fourth-order valence-electron chi connectivity index (χ4n) is 3.18. The van der Waals surface area contributed by atoms with Crippen molar-refractivity contribution in [3.8, 4) is 5.75 Å². The Labute approximate surface area is 160 Å². The van der Waals surface area contributed by atoms with Crippen LogP contribution in [0.25, 0.3) is 0 Å². The van der Waals surface area contributed by atoms with Crippen LogP contribution in [0.5, 0.6) is 5.75 Å². The van der Waals surface area contributed by atoms with Crippen molar-refractivity contribution in [2.24, 2.45) is 0 Å². The van der Waals surface area contributed by atoms with E-state index in [1.807, 2.05) is 24.3 Å². The maximum absolute atomic E-state index is 13.5. The Hall–Kier alpha value is -2.55. The van der Waals surface area contributed by atoms with Gasteiger partial charge in [-0.2, -0.15) is 22.5 Å². The molecule has 1 fully saturated rings. The maximum Gasteiger partial charge on any atom is 0.253 e. The average molecular weight is 398 g/mol. The standard InChI is InChI=1S/C19H22F4N4O/c1-28-14-5-3-13(4-6-14)27-11-9-26(10-12-27)8-2-7-24-17-15(20)18(22)25-19(23)16(17)21/h3-6H,2,7-12H2,1H3,(H,24,25). The predicted octanol–water partition coefficient (Wildman–Crippen LogP) is 3.27. The lowest BCUT2D eigenvalue weighted by atomic mass is 10.2. The van der Waals surface area contributed by atoms with Gasteiger partial charge in [0.15, 0.2) is 0 Å². The normalized spacial score (nSPS) is 15.0. The molecule has 28 heavy (non-hydrogen) atoms. The van der Waals surface area contributed by atoms with Crippen molar-refractivity contribution in [3.63, 3.8) is 0 Å². The number of hydrogen-bond donors (Lipinski definition) is 1. The van der Waals surface area contributed by atoms with Gasteiger partial charge in [-0.3, -0.25) is 4.90 Å². The number of nitrogens with one attached hydrogen (secondary N) is 1. The first-order valence-electron chi connectivity index (χ1n) is 9.05. The molecule has 0 amide bonds. The Bertz CT molecular complexity index is 769. The number of rotatable bonds is 7. The third kappa shape index (κ3) is 4.64. The highest BCUT2D eigenvalue weighted by Crippen LogP contribution is 2.22. The molecule has 1 aliphatic heterocycles. The molecule has 0 aliphatic carbocycles. The van der Waals surface area contributed by atoms with Crippen LogP contribution in [0.1, 0.15) is 6.42 Å². The van der Waals surface area contributed by atoms with E-state index in [9.17, 15) is 17.6 Å². The number of pyridine rings is 1. The Morgan fingerprint density at radius 1 is 0.964 bits per heavy atom. The smallest absolute Gasteiger partial charge is 0.253 e. The lowest BCUT2D eigenvalue weighted by Crippen LogP contribution is -2.46. The van der Waals surface area contributed by atoms with Gasteiger partial charge in [-0.1, -0.05) is 0 Å². The van der Waals surface area contributed by atoms with E-state index >= 15 is 0 Å². The van der Waals surface area contributed by atoms with E-state index in [-0.39, 0.29) is 6.54 Å². The first kappa shape index (κ1) is 20.2. The van der Waals surface area contributed by atoms with Gasteiger partial charge in [-0.25, -0.2) is 0 Å². The van der Waals surface area contributed by atoms with E-state index in [2.05, 4.69) is 20.1 Å². The molecule has 0 spiro atoms. The van der Waals surface area contributed by atoms with Crippen LogP contribution < -0.4 is 15.0 Å². The van der Waals surface area contributed by atoms with E-state index in [1.165, 1.54) is 0 Å². The van der Waals surface area contributed by atoms with Crippen LogP contribution in [-0.4, -0.2) is 56.3 Å². The second kappa shape index (κ2) is 9.09. The minimum atomic E-state index is -1.66. The summed E-state index contributed by atoms with van der Waals surface area (Å²) in [4.78, 5) is 7.05. The van der Waals surface area contributed by atoms with E-state index in [4.69, 9.17) is 4.74 Å². The van der Waals surface area contributed by atoms with Crippen LogP contribution in [0, 0.1) is 23.5 Å². The van der Waals surface area contributed by atoms with Crippen molar-refractivity contribution in [1.82, 2.24) is 9.88 Å². The van der Waals surface area contributed by atoms with Crippen molar-refractivity contribution in [2.75, 3.05) is 56.6 Å². The Morgan fingerprint density at radius 2 is 1.57 bits per heavy atom. The monoisotopic (exact) mass is 398 g/mol. The van der Waals surface area contributed by atoms with Gasteiger partial charge in [0, 0.05) is 38.4 Å². The van der Waals surface area contributed by atoms with E-state index in [0.717, 1.165) is 37.6 Å². The van der Waals surface area contributed by atoms with Crippen LogP contribution >= 0.6 is 0 Å². The Kier molecular flexibility index (Phi) is 6.56.